The molecule has 1 unspecified atom stereocenters. The summed E-state index contributed by atoms with van der Waals surface area (Å²) in [7, 11) is 0. The molecule has 1 aliphatic rings. The summed E-state index contributed by atoms with van der Waals surface area (Å²) in [5.74, 6) is 0.640. The first-order valence-electron chi connectivity index (χ1n) is 6.58. The molecule has 1 aliphatic heterocycles. The second-order valence-electron chi connectivity index (χ2n) is 5.19. The van der Waals surface area contributed by atoms with E-state index < -0.39 is 0 Å². The van der Waals surface area contributed by atoms with E-state index in [9.17, 15) is 4.79 Å². The van der Waals surface area contributed by atoms with E-state index in [1.54, 1.807) is 17.0 Å². The predicted molar refractivity (Wildman–Crippen MR) is 69.9 cm³/mol. The van der Waals surface area contributed by atoms with Gasteiger partial charge in [0.25, 0.3) is 5.88 Å². The Morgan fingerprint density at radius 1 is 1.61 bits per heavy atom. The zero-order valence-corrected chi connectivity index (χ0v) is 11.1. The van der Waals surface area contributed by atoms with Crippen molar-refractivity contribution in [3.8, 4) is 5.88 Å². The van der Waals surface area contributed by atoms with Crippen LogP contribution in [-0.4, -0.2) is 28.7 Å². The van der Waals surface area contributed by atoms with Crippen molar-refractivity contribution in [2.24, 2.45) is 5.92 Å². The number of nitrogens with one attached hydrogen (secondary N) is 1. The first-order chi connectivity index (χ1) is 8.66. The van der Waals surface area contributed by atoms with Crippen LogP contribution in [0, 0.1) is 5.92 Å². The van der Waals surface area contributed by atoms with Gasteiger partial charge in [0.05, 0.1) is 0 Å². The molecule has 0 aromatic carbocycles. The lowest BCUT2D eigenvalue weighted by atomic mass is 10.2. The molecule has 1 fully saturated rings. The molecule has 2 heterocycles. The summed E-state index contributed by atoms with van der Waals surface area (Å²) in [5, 5.41) is 3.33. The van der Waals surface area contributed by atoms with Crippen LogP contribution in [0.2, 0.25) is 0 Å². The van der Waals surface area contributed by atoms with Crippen molar-refractivity contribution < 1.29 is 4.74 Å². The van der Waals surface area contributed by atoms with Gasteiger partial charge in [-0.1, -0.05) is 13.8 Å². The number of hydrogen-bond acceptors (Lipinski definition) is 4. The third-order valence-electron chi connectivity index (χ3n) is 3.03. The molecule has 0 bridgehead atoms. The van der Waals surface area contributed by atoms with E-state index in [0.717, 1.165) is 13.0 Å². The maximum absolute atomic E-state index is 12.1. The maximum atomic E-state index is 12.1. The topological polar surface area (TPSA) is 56.1 Å². The van der Waals surface area contributed by atoms with Gasteiger partial charge in [0.2, 0.25) is 0 Å². The van der Waals surface area contributed by atoms with Gasteiger partial charge in [0, 0.05) is 25.0 Å². The van der Waals surface area contributed by atoms with E-state index >= 15 is 0 Å². The van der Waals surface area contributed by atoms with Crippen molar-refractivity contribution >= 4 is 0 Å². The summed E-state index contributed by atoms with van der Waals surface area (Å²) in [6.07, 6.45) is 5.62. The van der Waals surface area contributed by atoms with Crippen LogP contribution in [0.15, 0.2) is 17.2 Å². The molecular formula is C13H21N3O2. The van der Waals surface area contributed by atoms with Gasteiger partial charge in [0.1, 0.15) is 6.61 Å². The van der Waals surface area contributed by atoms with Gasteiger partial charge in [-0.3, -0.25) is 4.79 Å². The van der Waals surface area contributed by atoms with Crippen molar-refractivity contribution in [3.63, 3.8) is 0 Å². The molecule has 1 aromatic rings. The first kappa shape index (κ1) is 13.1. The van der Waals surface area contributed by atoms with Gasteiger partial charge in [-0.25, -0.2) is 4.98 Å². The Hall–Kier alpha value is -1.36. The third kappa shape index (κ3) is 3.32. The highest BCUT2D eigenvalue weighted by molar-refractivity contribution is 5.04. The lowest BCUT2D eigenvalue weighted by Crippen LogP contribution is -2.31. The molecule has 1 saturated heterocycles. The number of rotatable bonds is 5. The molecule has 1 atom stereocenters. The molecule has 0 spiro atoms. The smallest absolute Gasteiger partial charge is 0.313 e. The van der Waals surface area contributed by atoms with E-state index in [2.05, 4.69) is 24.1 Å². The molecule has 5 nitrogen and oxygen atoms in total. The van der Waals surface area contributed by atoms with E-state index in [0.29, 0.717) is 25.1 Å². The largest absolute Gasteiger partial charge is 0.472 e. The van der Waals surface area contributed by atoms with E-state index in [-0.39, 0.29) is 11.4 Å². The first-order valence-corrected chi connectivity index (χ1v) is 6.58. The minimum absolute atomic E-state index is 0.135. The summed E-state index contributed by atoms with van der Waals surface area (Å²) in [6.45, 7) is 6.41. The summed E-state index contributed by atoms with van der Waals surface area (Å²) in [6, 6.07) is 0.352. The molecule has 100 valence electrons. The quantitative estimate of drug-likeness (QED) is 0.849. The van der Waals surface area contributed by atoms with Crippen molar-refractivity contribution in [3.05, 3.63) is 22.7 Å². The number of nitrogens with zero attached hydrogens (tertiary/aromatic N) is 2. The third-order valence-corrected chi connectivity index (χ3v) is 3.03. The summed E-state index contributed by atoms with van der Waals surface area (Å²) in [5.41, 5.74) is -0.135. The minimum Gasteiger partial charge on any atom is -0.472 e. The average Bonchev–Trinajstić information content (AvgIpc) is 2.83. The van der Waals surface area contributed by atoms with Crippen LogP contribution in [0.1, 0.15) is 26.7 Å². The Kier molecular flexibility index (Phi) is 4.36. The van der Waals surface area contributed by atoms with E-state index in [1.807, 2.05) is 0 Å². The SMILES string of the molecule is CC(C)Cn1ccnc(OCC2CCCN2)c1=O. The fourth-order valence-electron chi connectivity index (χ4n) is 2.14. The summed E-state index contributed by atoms with van der Waals surface area (Å²) >= 11 is 0. The number of ether oxygens (including phenoxy) is 1. The molecule has 0 saturated carbocycles. The van der Waals surface area contributed by atoms with Crippen LogP contribution >= 0.6 is 0 Å². The highest BCUT2D eigenvalue weighted by Gasteiger charge is 2.16. The normalized spacial score (nSPS) is 19.4. The molecule has 5 heteroatoms. The van der Waals surface area contributed by atoms with E-state index in [4.69, 9.17) is 4.74 Å². The van der Waals surface area contributed by atoms with Crippen molar-refractivity contribution in [2.45, 2.75) is 39.3 Å². The Morgan fingerprint density at radius 3 is 3.11 bits per heavy atom. The zero-order chi connectivity index (χ0) is 13.0. The van der Waals surface area contributed by atoms with Gasteiger partial charge >= 0.3 is 5.56 Å². The standard InChI is InChI=1S/C13H21N3O2/c1-10(2)8-16-7-6-15-12(13(16)17)18-9-11-4-3-5-14-11/h6-7,10-11,14H,3-5,8-9H2,1-2H3. The predicted octanol–water partition coefficient (Wildman–Crippen LogP) is 1.03. The fraction of sp³-hybridized carbons (Fsp3) is 0.692. The van der Waals surface area contributed by atoms with Crippen molar-refractivity contribution in [1.29, 1.82) is 0 Å². The molecule has 18 heavy (non-hydrogen) atoms. The molecule has 0 radical (unpaired) electrons. The van der Waals surface area contributed by atoms with Crippen LogP contribution in [0.4, 0.5) is 0 Å². The molecule has 1 N–H and O–H groups in total. The lowest BCUT2D eigenvalue weighted by Gasteiger charge is -2.13. The minimum atomic E-state index is -0.135. The van der Waals surface area contributed by atoms with Crippen LogP contribution in [0.3, 0.4) is 0 Å². The van der Waals surface area contributed by atoms with Gasteiger partial charge in [0.15, 0.2) is 0 Å². The second-order valence-corrected chi connectivity index (χ2v) is 5.19. The Bertz CT molecular complexity index is 436. The number of hydrogen-bond donors (Lipinski definition) is 1. The highest BCUT2D eigenvalue weighted by Crippen LogP contribution is 2.07. The van der Waals surface area contributed by atoms with Gasteiger partial charge in [-0.2, -0.15) is 0 Å². The molecule has 1 aromatic heterocycles. The Labute approximate surface area is 107 Å². The molecule has 0 amide bonds. The Morgan fingerprint density at radius 2 is 2.44 bits per heavy atom. The molecule has 0 aliphatic carbocycles. The van der Waals surface area contributed by atoms with Gasteiger partial charge in [-0.15, -0.1) is 0 Å². The van der Waals surface area contributed by atoms with Gasteiger partial charge in [-0.05, 0) is 25.3 Å². The molecule has 2 rings (SSSR count). The average molecular weight is 251 g/mol. The lowest BCUT2D eigenvalue weighted by molar-refractivity contribution is 0.260. The van der Waals surface area contributed by atoms with Crippen molar-refractivity contribution in [1.82, 2.24) is 14.9 Å². The fourth-order valence-corrected chi connectivity index (χ4v) is 2.14. The van der Waals surface area contributed by atoms with Crippen LogP contribution in [0.5, 0.6) is 5.88 Å². The number of aromatic nitrogens is 2. The molecular weight excluding hydrogens is 230 g/mol. The maximum Gasteiger partial charge on any atom is 0.313 e. The highest BCUT2D eigenvalue weighted by atomic mass is 16.5. The zero-order valence-electron chi connectivity index (χ0n) is 11.1. The van der Waals surface area contributed by atoms with Crippen LogP contribution in [-0.2, 0) is 6.54 Å². The van der Waals surface area contributed by atoms with E-state index in [1.165, 1.54) is 6.42 Å². The monoisotopic (exact) mass is 251 g/mol. The van der Waals surface area contributed by atoms with Crippen molar-refractivity contribution in [2.75, 3.05) is 13.2 Å². The summed E-state index contributed by atoms with van der Waals surface area (Å²) < 4.78 is 7.20. The van der Waals surface area contributed by atoms with Crippen LogP contribution in [0.25, 0.3) is 0 Å². The van der Waals surface area contributed by atoms with Crippen LogP contribution < -0.4 is 15.6 Å². The summed E-state index contributed by atoms with van der Waals surface area (Å²) in [4.78, 5) is 16.1. The Balaban J connectivity index is 2.01. The second kappa shape index (κ2) is 6.00. The van der Waals surface area contributed by atoms with Gasteiger partial charge < -0.3 is 14.6 Å².